The number of hydrogen-bond acceptors (Lipinski definition) is 6. The van der Waals surface area contributed by atoms with Gasteiger partial charge < -0.3 is 14.2 Å². The Balaban J connectivity index is 1.52. The van der Waals surface area contributed by atoms with Gasteiger partial charge in [-0.3, -0.25) is 4.57 Å². The summed E-state index contributed by atoms with van der Waals surface area (Å²) in [6.45, 7) is 4.71. The summed E-state index contributed by atoms with van der Waals surface area (Å²) in [5.41, 5.74) is 0.828. The first-order valence-corrected chi connectivity index (χ1v) is 10.1. The lowest BCUT2D eigenvalue weighted by molar-refractivity contribution is 0.0821. The van der Waals surface area contributed by atoms with E-state index in [0.29, 0.717) is 35.6 Å². The van der Waals surface area contributed by atoms with Crippen molar-refractivity contribution in [2.24, 2.45) is 0 Å². The standard InChI is InChI=1S/C21H20FN3O3S/c1-3-10-25-20(19-12-27-17-6-4-5-7-18(17)28-19)23-24-21(25)29-13-14-8-9-16(26-2)15(22)11-14/h3-9,11,19H,1,10,12-13H2,2H3/t19-/m1/s1. The molecule has 6 nitrogen and oxygen atoms in total. The number of nitrogens with zero attached hydrogens (tertiary/aromatic N) is 3. The van der Waals surface area contributed by atoms with Crippen LogP contribution >= 0.6 is 11.8 Å². The van der Waals surface area contributed by atoms with E-state index in [4.69, 9.17) is 14.2 Å². The zero-order chi connectivity index (χ0) is 20.2. The quantitative estimate of drug-likeness (QED) is 0.422. The molecule has 29 heavy (non-hydrogen) atoms. The lowest BCUT2D eigenvalue weighted by Crippen LogP contribution is -2.25. The highest BCUT2D eigenvalue weighted by molar-refractivity contribution is 7.98. The van der Waals surface area contributed by atoms with Crippen molar-refractivity contribution in [1.82, 2.24) is 14.8 Å². The number of hydrogen-bond donors (Lipinski definition) is 0. The molecule has 1 atom stereocenters. The van der Waals surface area contributed by atoms with Crippen LogP contribution in [0, 0.1) is 5.82 Å². The molecule has 8 heteroatoms. The summed E-state index contributed by atoms with van der Waals surface area (Å²) in [5, 5.41) is 9.35. The van der Waals surface area contributed by atoms with Crippen molar-refractivity contribution in [3.8, 4) is 17.2 Å². The number of para-hydroxylation sites is 2. The number of aromatic nitrogens is 3. The predicted octanol–water partition coefficient (Wildman–Crippen LogP) is 4.42. The molecule has 0 aliphatic carbocycles. The van der Waals surface area contributed by atoms with Crippen molar-refractivity contribution < 1.29 is 18.6 Å². The van der Waals surface area contributed by atoms with Gasteiger partial charge in [-0.25, -0.2) is 4.39 Å². The van der Waals surface area contributed by atoms with Crippen LogP contribution in [-0.4, -0.2) is 28.5 Å². The fraction of sp³-hybridized carbons (Fsp3) is 0.238. The molecular weight excluding hydrogens is 393 g/mol. The van der Waals surface area contributed by atoms with Crippen LogP contribution in [0.3, 0.4) is 0 Å². The van der Waals surface area contributed by atoms with Gasteiger partial charge in [-0.15, -0.1) is 16.8 Å². The molecule has 2 aromatic carbocycles. The smallest absolute Gasteiger partial charge is 0.192 e. The van der Waals surface area contributed by atoms with Crippen molar-refractivity contribution in [2.75, 3.05) is 13.7 Å². The molecule has 4 rings (SSSR count). The van der Waals surface area contributed by atoms with E-state index in [1.165, 1.54) is 24.9 Å². The van der Waals surface area contributed by atoms with E-state index in [-0.39, 0.29) is 17.7 Å². The fourth-order valence-corrected chi connectivity index (χ4v) is 3.94. The molecule has 1 aliphatic rings. The number of halogens is 1. The molecule has 0 saturated heterocycles. The molecule has 0 saturated carbocycles. The van der Waals surface area contributed by atoms with Crippen molar-refractivity contribution in [1.29, 1.82) is 0 Å². The second-order valence-electron chi connectivity index (χ2n) is 6.36. The third-order valence-corrected chi connectivity index (χ3v) is 5.48. The Morgan fingerprint density at radius 2 is 2.10 bits per heavy atom. The number of methoxy groups -OCH3 is 1. The van der Waals surface area contributed by atoms with Crippen LogP contribution in [0.5, 0.6) is 17.2 Å². The fourth-order valence-electron chi connectivity index (χ4n) is 3.04. The number of ether oxygens (including phenoxy) is 3. The van der Waals surface area contributed by atoms with Gasteiger partial charge in [0.2, 0.25) is 0 Å². The molecule has 150 valence electrons. The summed E-state index contributed by atoms with van der Waals surface area (Å²) in [7, 11) is 1.45. The summed E-state index contributed by atoms with van der Waals surface area (Å²) in [5.74, 6) is 2.45. The average molecular weight is 413 g/mol. The molecule has 0 radical (unpaired) electrons. The Morgan fingerprint density at radius 1 is 1.28 bits per heavy atom. The zero-order valence-corrected chi connectivity index (χ0v) is 16.7. The van der Waals surface area contributed by atoms with E-state index in [2.05, 4.69) is 16.8 Å². The molecular formula is C21H20FN3O3S. The highest BCUT2D eigenvalue weighted by Crippen LogP contribution is 2.36. The lowest BCUT2D eigenvalue weighted by Gasteiger charge is -2.26. The molecule has 1 aliphatic heterocycles. The van der Waals surface area contributed by atoms with Crippen molar-refractivity contribution in [2.45, 2.75) is 23.6 Å². The lowest BCUT2D eigenvalue weighted by atomic mass is 10.2. The van der Waals surface area contributed by atoms with Gasteiger partial charge in [-0.2, -0.15) is 0 Å². The van der Waals surface area contributed by atoms with Gasteiger partial charge in [0.05, 0.1) is 7.11 Å². The Hall–Kier alpha value is -3.00. The third kappa shape index (κ3) is 4.07. The van der Waals surface area contributed by atoms with Gasteiger partial charge in [0.15, 0.2) is 40.2 Å². The number of allylic oxidation sites excluding steroid dienone is 1. The first-order valence-electron chi connectivity index (χ1n) is 9.07. The van der Waals surface area contributed by atoms with Crippen LogP contribution in [-0.2, 0) is 12.3 Å². The Kier molecular flexibility index (Phi) is 5.71. The SMILES string of the molecule is C=CCn1c(SCc2ccc(OC)c(F)c2)nnc1[C@H]1COc2ccccc2O1. The maximum absolute atomic E-state index is 13.9. The van der Waals surface area contributed by atoms with E-state index in [9.17, 15) is 4.39 Å². The first-order chi connectivity index (χ1) is 14.2. The maximum atomic E-state index is 13.9. The Labute approximate surface area is 172 Å². The summed E-state index contributed by atoms with van der Waals surface area (Å²) in [6.07, 6.45) is 1.41. The van der Waals surface area contributed by atoms with E-state index in [0.717, 1.165) is 11.3 Å². The number of thioether (sulfide) groups is 1. The van der Waals surface area contributed by atoms with Gasteiger partial charge in [0.1, 0.15) is 6.61 Å². The highest BCUT2D eigenvalue weighted by atomic mass is 32.2. The predicted molar refractivity (Wildman–Crippen MR) is 108 cm³/mol. The second-order valence-corrected chi connectivity index (χ2v) is 7.30. The highest BCUT2D eigenvalue weighted by Gasteiger charge is 2.28. The van der Waals surface area contributed by atoms with E-state index >= 15 is 0 Å². The van der Waals surface area contributed by atoms with Gasteiger partial charge in [0.25, 0.3) is 0 Å². The molecule has 3 aromatic rings. The van der Waals surface area contributed by atoms with Crippen molar-refractivity contribution >= 4 is 11.8 Å². The Morgan fingerprint density at radius 3 is 2.86 bits per heavy atom. The summed E-state index contributed by atoms with van der Waals surface area (Å²) >= 11 is 1.47. The number of benzene rings is 2. The van der Waals surface area contributed by atoms with E-state index in [1.54, 1.807) is 12.1 Å². The van der Waals surface area contributed by atoms with E-state index in [1.807, 2.05) is 34.9 Å². The normalized spacial score (nSPS) is 15.2. The monoisotopic (exact) mass is 413 g/mol. The van der Waals surface area contributed by atoms with Crippen LogP contribution in [0.25, 0.3) is 0 Å². The van der Waals surface area contributed by atoms with Crippen molar-refractivity contribution in [3.63, 3.8) is 0 Å². The summed E-state index contributed by atoms with van der Waals surface area (Å²) < 4.78 is 32.7. The molecule has 0 spiro atoms. The van der Waals surface area contributed by atoms with Crippen LogP contribution in [0.1, 0.15) is 17.5 Å². The van der Waals surface area contributed by atoms with Crippen LogP contribution in [0.4, 0.5) is 4.39 Å². The molecule has 0 unspecified atom stereocenters. The molecule has 0 N–H and O–H groups in total. The van der Waals surface area contributed by atoms with Crippen LogP contribution in [0.2, 0.25) is 0 Å². The molecule has 0 amide bonds. The molecule has 0 bridgehead atoms. The largest absolute Gasteiger partial charge is 0.494 e. The number of fused-ring (bicyclic) bond motifs is 1. The summed E-state index contributed by atoms with van der Waals surface area (Å²) in [6, 6.07) is 12.5. The zero-order valence-electron chi connectivity index (χ0n) is 15.9. The maximum Gasteiger partial charge on any atom is 0.192 e. The minimum absolute atomic E-state index is 0.227. The molecule has 2 heterocycles. The van der Waals surface area contributed by atoms with Crippen LogP contribution < -0.4 is 14.2 Å². The van der Waals surface area contributed by atoms with Crippen molar-refractivity contribution in [3.05, 3.63) is 72.3 Å². The topological polar surface area (TPSA) is 58.4 Å². The second kappa shape index (κ2) is 8.57. The molecule has 1 aromatic heterocycles. The average Bonchev–Trinajstić information content (AvgIpc) is 3.15. The minimum Gasteiger partial charge on any atom is -0.494 e. The van der Waals surface area contributed by atoms with Gasteiger partial charge in [-0.1, -0.05) is 36.0 Å². The Bertz CT molecular complexity index is 1020. The summed E-state index contributed by atoms with van der Waals surface area (Å²) in [4.78, 5) is 0. The number of rotatable bonds is 7. The minimum atomic E-state index is -0.384. The van der Waals surface area contributed by atoms with Crippen LogP contribution in [0.15, 0.2) is 60.3 Å². The van der Waals surface area contributed by atoms with Gasteiger partial charge in [0, 0.05) is 12.3 Å². The van der Waals surface area contributed by atoms with Gasteiger partial charge in [-0.05, 0) is 29.8 Å². The van der Waals surface area contributed by atoms with E-state index < -0.39 is 0 Å². The van der Waals surface area contributed by atoms with Gasteiger partial charge >= 0.3 is 0 Å². The molecule has 0 fully saturated rings. The third-order valence-electron chi connectivity index (χ3n) is 4.44. The first kappa shape index (κ1) is 19.3.